The number of rotatable bonds is 8. The summed E-state index contributed by atoms with van der Waals surface area (Å²) in [7, 11) is 0. The van der Waals surface area contributed by atoms with E-state index in [1.165, 1.54) is 66.7 Å². The number of fused-ring (bicyclic) bond motifs is 4. The Kier molecular flexibility index (Phi) is 10.2. The zero-order valence-corrected chi connectivity index (χ0v) is 37.5. The molecular weight excluding hydrogens is 743 g/mol. The Morgan fingerprint density at radius 3 is 1.98 bits per heavy atom. The van der Waals surface area contributed by atoms with Crippen LogP contribution in [0.4, 0.5) is 11.4 Å². The number of benzene rings is 6. The first-order valence-corrected chi connectivity index (χ1v) is 22.1. The van der Waals surface area contributed by atoms with Gasteiger partial charge in [0.25, 0.3) is 0 Å². The van der Waals surface area contributed by atoms with E-state index in [2.05, 4.69) is 218 Å². The highest BCUT2D eigenvalue weighted by atomic mass is 16.5. The number of nitrogens with zero attached hydrogens (tertiary/aromatic N) is 3. The van der Waals surface area contributed by atoms with Gasteiger partial charge in [0.15, 0.2) is 0 Å². The summed E-state index contributed by atoms with van der Waals surface area (Å²) in [4.78, 5) is 7.48. The van der Waals surface area contributed by atoms with E-state index in [1.807, 2.05) is 6.20 Å². The van der Waals surface area contributed by atoms with Crippen molar-refractivity contribution < 1.29 is 4.74 Å². The average molecular weight is 802 g/mol. The SMILES string of the molecule is CC(C)c1cccc(C(C)C)c1-c1cc(Oc2ccc3c4ccccc4n(-c4cc(C(C)(C)C)ccn4)c3c2)cc(C2CN(c3ccccc3C(C)(C)C)c3ccccc32)c1. The smallest absolute Gasteiger partial charge is 0.137 e. The fourth-order valence-corrected chi connectivity index (χ4v) is 9.58. The third-order valence-electron chi connectivity index (χ3n) is 12.7. The van der Waals surface area contributed by atoms with Gasteiger partial charge in [0.2, 0.25) is 0 Å². The molecule has 308 valence electrons. The molecule has 1 unspecified atom stereocenters. The van der Waals surface area contributed by atoms with Crippen molar-refractivity contribution in [3.63, 3.8) is 0 Å². The van der Waals surface area contributed by atoms with Gasteiger partial charge in [-0.3, -0.25) is 4.57 Å². The zero-order valence-electron chi connectivity index (χ0n) is 37.5. The van der Waals surface area contributed by atoms with Gasteiger partial charge in [-0.1, -0.05) is 148 Å². The molecule has 0 bridgehead atoms. The van der Waals surface area contributed by atoms with Crippen molar-refractivity contribution in [1.29, 1.82) is 0 Å². The molecule has 61 heavy (non-hydrogen) atoms. The summed E-state index contributed by atoms with van der Waals surface area (Å²) < 4.78 is 9.42. The zero-order chi connectivity index (χ0) is 42.8. The van der Waals surface area contributed by atoms with E-state index in [1.54, 1.807) is 0 Å². The summed E-state index contributed by atoms with van der Waals surface area (Å²) in [6.07, 6.45) is 1.94. The van der Waals surface area contributed by atoms with Gasteiger partial charge in [-0.2, -0.15) is 0 Å². The number of para-hydroxylation sites is 3. The fourth-order valence-electron chi connectivity index (χ4n) is 9.58. The van der Waals surface area contributed by atoms with E-state index >= 15 is 0 Å². The molecule has 1 aliphatic heterocycles. The maximum absolute atomic E-state index is 7.13. The van der Waals surface area contributed by atoms with E-state index in [0.717, 1.165) is 34.9 Å². The van der Waals surface area contributed by atoms with E-state index in [0.29, 0.717) is 11.8 Å². The van der Waals surface area contributed by atoms with Crippen LogP contribution in [0.3, 0.4) is 0 Å². The molecular formula is C57H59N3O. The Balaban J connectivity index is 1.22. The molecule has 0 aliphatic carbocycles. The third kappa shape index (κ3) is 7.41. The summed E-state index contributed by atoms with van der Waals surface area (Å²) in [6.45, 7) is 23.8. The lowest BCUT2D eigenvalue weighted by atomic mass is 9.83. The van der Waals surface area contributed by atoms with Gasteiger partial charge in [-0.25, -0.2) is 4.98 Å². The molecule has 9 rings (SSSR count). The average Bonchev–Trinajstić information content (AvgIpc) is 3.79. The summed E-state index contributed by atoms with van der Waals surface area (Å²) in [5.41, 5.74) is 15.2. The molecule has 4 nitrogen and oxygen atoms in total. The van der Waals surface area contributed by atoms with Crippen LogP contribution in [0, 0.1) is 0 Å². The lowest BCUT2D eigenvalue weighted by Crippen LogP contribution is -2.22. The van der Waals surface area contributed by atoms with Crippen LogP contribution in [0.1, 0.15) is 120 Å². The van der Waals surface area contributed by atoms with Gasteiger partial charge >= 0.3 is 0 Å². The molecule has 4 heteroatoms. The number of anilines is 2. The van der Waals surface area contributed by atoms with Gasteiger partial charge < -0.3 is 9.64 Å². The van der Waals surface area contributed by atoms with E-state index < -0.39 is 0 Å². The van der Waals surface area contributed by atoms with Crippen molar-refractivity contribution in [1.82, 2.24) is 9.55 Å². The van der Waals surface area contributed by atoms with Crippen LogP contribution < -0.4 is 9.64 Å². The lowest BCUT2D eigenvalue weighted by molar-refractivity contribution is 0.482. The molecule has 1 aliphatic rings. The molecule has 6 aromatic carbocycles. The first-order valence-electron chi connectivity index (χ1n) is 22.1. The monoisotopic (exact) mass is 801 g/mol. The Bertz CT molecular complexity index is 2890. The van der Waals surface area contributed by atoms with E-state index in [4.69, 9.17) is 9.72 Å². The van der Waals surface area contributed by atoms with Crippen molar-refractivity contribution >= 4 is 33.2 Å². The molecule has 0 N–H and O–H groups in total. The van der Waals surface area contributed by atoms with Crippen molar-refractivity contribution in [2.45, 2.75) is 97.8 Å². The Hall–Kier alpha value is -6.13. The molecule has 0 saturated carbocycles. The van der Waals surface area contributed by atoms with Gasteiger partial charge in [-0.05, 0) is 122 Å². The second-order valence-electron chi connectivity index (χ2n) is 19.7. The minimum absolute atomic E-state index is 0.00336. The standard InChI is InChI=1S/C57H59N3O/c1-36(2)43-20-17-21-44(37(3)4)55(43)39-30-38(48-35-59(50-23-14-11-19-46(48)50)52-25-16-13-22-49(52)57(8,9)10)31-42(32-39)61-41-26-27-47-45-18-12-15-24-51(45)60(53(47)34-41)54-33-40(28-29-58-54)56(5,6)7/h11-34,36-37,48H,35H2,1-10H3. The van der Waals surface area contributed by atoms with Crippen LogP contribution in [-0.4, -0.2) is 16.1 Å². The molecule has 0 fully saturated rings. The molecule has 2 aromatic heterocycles. The summed E-state index contributed by atoms with van der Waals surface area (Å²) in [5, 5.41) is 2.37. The molecule has 1 atom stereocenters. The minimum Gasteiger partial charge on any atom is -0.457 e. The van der Waals surface area contributed by atoms with Crippen LogP contribution in [-0.2, 0) is 10.8 Å². The normalized spacial score (nSPS) is 14.4. The minimum atomic E-state index is -0.0100. The van der Waals surface area contributed by atoms with Crippen LogP contribution >= 0.6 is 0 Å². The maximum Gasteiger partial charge on any atom is 0.137 e. The largest absolute Gasteiger partial charge is 0.457 e. The van der Waals surface area contributed by atoms with Crippen LogP contribution in [0.2, 0.25) is 0 Å². The first kappa shape index (κ1) is 40.3. The third-order valence-corrected chi connectivity index (χ3v) is 12.7. The van der Waals surface area contributed by atoms with Gasteiger partial charge in [0.1, 0.15) is 17.3 Å². The highest BCUT2D eigenvalue weighted by Crippen LogP contribution is 2.49. The molecule has 0 spiro atoms. The lowest BCUT2D eigenvalue weighted by Gasteiger charge is -2.29. The number of pyridine rings is 1. The van der Waals surface area contributed by atoms with Gasteiger partial charge in [0, 0.05) is 46.9 Å². The van der Waals surface area contributed by atoms with Crippen molar-refractivity contribution in [3.8, 4) is 28.4 Å². The molecule has 0 saturated heterocycles. The van der Waals surface area contributed by atoms with Gasteiger partial charge in [0.05, 0.1) is 11.0 Å². The summed E-state index contributed by atoms with van der Waals surface area (Å²) in [5.74, 6) is 3.37. The first-order chi connectivity index (χ1) is 29.2. The van der Waals surface area contributed by atoms with E-state index in [-0.39, 0.29) is 16.7 Å². The highest BCUT2D eigenvalue weighted by molar-refractivity contribution is 6.09. The van der Waals surface area contributed by atoms with Crippen molar-refractivity contribution in [2.24, 2.45) is 0 Å². The molecule has 8 aromatic rings. The van der Waals surface area contributed by atoms with E-state index in [9.17, 15) is 0 Å². The number of aromatic nitrogens is 2. The fraction of sp³-hybridized carbons (Fsp3) is 0.281. The van der Waals surface area contributed by atoms with Crippen molar-refractivity contribution in [2.75, 3.05) is 11.4 Å². The molecule has 3 heterocycles. The highest BCUT2D eigenvalue weighted by Gasteiger charge is 2.34. The van der Waals surface area contributed by atoms with Crippen molar-refractivity contribution in [3.05, 3.63) is 179 Å². The number of hydrogen-bond donors (Lipinski definition) is 0. The summed E-state index contributed by atoms with van der Waals surface area (Å²) in [6, 6.07) is 51.3. The Morgan fingerprint density at radius 1 is 0.590 bits per heavy atom. The number of ether oxygens (including phenoxy) is 1. The Labute approximate surface area is 362 Å². The summed E-state index contributed by atoms with van der Waals surface area (Å²) >= 11 is 0. The second kappa shape index (κ2) is 15.4. The van der Waals surface area contributed by atoms with Gasteiger partial charge in [-0.15, -0.1) is 0 Å². The predicted octanol–water partition coefficient (Wildman–Crippen LogP) is 15.8. The topological polar surface area (TPSA) is 30.3 Å². The Morgan fingerprint density at radius 2 is 1.26 bits per heavy atom. The molecule has 0 radical (unpaired) electrons. The predicted molar refractivity (Wildman–Crippen MR) is 258 cm³/mol. The number of hydrogen-bond acceptors (Lipinski definition) is 3. The van der Waals surface area contributed by atoms with Crippen LogP contribution in [0.25, 0.3) is 38.8 Å². The molecule has 0 amide bonds. The quantitative estimate of drug-likeness (QED) is 0.153. The second-order valence-corrected chi connectivity index (χ2v) is 19.7. The van der Waals surface area contributed by atoms with Crippen LogP contribution in [0.5, 0.6) is 11.5 Å². The van der Waals surface area contributed by atoms with Crippen LogP contribution in [0.15, 0.2) is 146 Å². The maximum atomic E-state index is 7.13.